The normalized spacial score (nSPS) is 10.7. The van der Waals surface area contributed by atoms with E-state index < -0.39 is 0 Å². The van der Waals surface area contributed by atoms with Crippen LogP contribution in [0, 0.1) is 3.57 Å². The Balaban J connectivity index is 1.67. The van der Waals surface area contributed by atoms with Gasteiger partial charge in [-0.25, -0.2) is 4.98 Å². The molecule has 0 unspecified atom stereocenters. The number of carbonyl (C=O) groups excluding carboxylic acids is 2. The van der Waals surface area contributed by atoms with Gasteiger partial charge in [0.1, 0.15) is 0 Å². The predicted molar refractivity (Wildman–Crippen MR) is 113 cm³/mol. The Labute approximate surface area is 169 Å². The minimum Gasteiger partial charge on any atom is -0.345 e. The fraction of sp³-hybridized carbons (Fsp3) is 0. The summed E-state index contributed by atoms with van der Waals surface area (Å²) >= 11 is 2.18. The molecular weight excluding hydrogens is 453 g/mol. The molecule has 0 saturated carbocycles. The number of anilines is 1. The molecule has 0 aliphatic carbocycles. The van der Waals surface area contributed by atoms with Crippen molar-refractivity contribution in [3.63, 3.8) is 0 Å². The number of ketones is 1. The molecule has 1 aromatic heterocycles. The first-order valence-corrected chi connectivity index (χ1v) is 9.33. The van der Waals surface area contributed by atoms with E-state index in [0.29, 0.717) is 22.4 Å². The highest BCUT2D eigenvalue weighted by molar-refractivity contribution is 14.1. The van der Waals surface area contributed by atoms with Crippen LogP contribution in [0.15, 0.2) is 73.1 Å². The van der Waals surface area contributed by atoms with Gasteiger partial charge in [0.2, 0.25) is 0 Å². The smallest absolute Gasteiger partial charge is 0.256 e. The van der Waals surface area contributed by atoms with Crippen molar-refractivity contribution < 1.29 is 9.59 Å². The highest BCUT2D eigenvalue weighted by Crippen LogP contribution is 2.20. The van der Waals surface area contributed by atoms with Gasteiger partial charge < -0.3 is 10.3 Å². The first kappa shape index (κ1) is 17.4. The molecule has 3 aromatic carbocycles. The maximum Gasteiger partial charge on any atom is 0.256 e. The molecule has 4 aromatic rings. The van der Waals surface area contributed by atoms with Crippen molar-refractivity contribution in [2.45, 2.75) is 0 Å². The molecule has 0 aliphatic rings. The van der Waals surface area contributed by atoms with Crippen molar-refractivity contribution in [1.82, 2.24) is 9.97 Å². The minimum absolute atomic E-state index is 0.208. The third-order valence-corrected chi connectivity index (χ3v) is 4.85. The van der Waals surface area contributed by atoms with Gasteiger partial charge in [-0.05, 0) is 65.1 Å². The number of carbonyl (C=O) groups is 2. The summed E-state index contributed by atoms with van der Waals surface area (Å²) in [4.78, 5) is 33.0. The monoisotopic (exact) mass is 467 g/mol. The Bertz CT molecular complexity index is 1170. The second-order valence-electron chi connectivity index (χ2n) is 5.97. The molecule has 27 heavy (non-hydrogen) atoms. The lowest BCUT2D eigenvalue weighted by atomic mass is 9.97. The zero-order chi connectivity index (χ0) is 18.8. The summed E-state index contributed by atoms with van der Waals surface area (Å²) in [5, 5.41) is 2.86. The lowest BCUT2D eigenvalue weighted by Gasteiger charge is -2.10. The number of aromatic amines is 1. The number of hydrogen-bond acceptors (Lipinski definition) is 3. The van der Waals surface area contributed by atoms with Crippen LogP contribution >= 0.6 is 22.6 Å². The molecule has 132 valence electrons. The average molecular weight is 467 g/mol. The zero-order valence-corrected chi connectivity index (χ0v) is 16.2. The lowest BCUT2D eigenvalue weighted by molar-refractivity contribution is 0.0996. The number of benzene rings is 3. The topological polar surface area (TPSA) is 74.8 Å². The van der Waals surface area contributed by atoms with E-state index in [9.17, 15) is 9.59 Å². The maximum atomic E-state index is 13.0. The summed E-state index contributed by atoms with van der Waals surface area (Å²) < 4.78 is 1.02. The Morgan fingerprint density at radius 3 is 2.56 bits per heavy atom. The number of aromatic nitrogens is 2. The summed E-state index contributed by atoms with van der Waals surface area (Å²) in [7, 11) is 0. The largest absolute Gasteiger partial charge is 0.345 e. The number of nitrogens with one attached hydrogen (secondary N) is 2. The van der Waals surface area contributed by atoms with Gasteiger partial charge in [-0.1, -0.05) is 24.3 Å². The van der Waals surface area contributed by atoms with Crippen LogP contribution in [0.25, 0.3) is 11.0 Å². The van der Waals surface area contributed by atoms with Crippen LogP contribution in [0.3, 0.4) is 0 Å². The molecule has 0 bridgehead atoms. The molecule has 6 heteroatoms. The van der Waals surface area contributed by atoms with Gasteiger partial charge in [0, 0.05) is 20.4 Å². The summed E-state index contributed by atoms with van der Waals surface area (Å²) in [6.07, 6.45) is 1.58. The molecule has 0 atom stereocenters. The molecule has 0 aliphatic heterocycles. The molecule has 0 saturated heterocycles. The molecule has 5 nitrogen and oxygen atoms in total. The van der Waals surface area contributed by atoms with E-state index in [1.165, 1.54) is 0 Å². The van der Waals surface area contributed by atoms with E-state index in [-0.39, 0.29) is 11.7 Å². The summed E-state index contributed by atoms with van der Waals surface area (Å²) in [6.45, 7) is 0. The number of imidazole rings is 1. The number of fused-ring (bicyclic) bond motifs is 1. The Kier molecular flexibility index (Phi) is 4.72. The average Bonchev–Trinajstić information content (AvgIpc) is 3.15. The summed E-state index contributed by atoms with van der Waals surface area (Å²) in [5.74, 6) is -0.525. The third-order valence-electron chi connectivity index (χ3n) is 4.18. The maximum absolute atomic E-state index is 13.0. The standard InChI is InChI=1S/C21H14IN3O2/c22-14-4-3-5-15(11-14)25-21(27)17-7-2-1-6-16(17)20(26)13-8-9-18-19(10-13)24-12-23-18/h1-12H,(H,23,24)(H,25,27). The SMILES string of the molecule is O=C(Nc1cccc(I)c1)c1ccccc1C(=O)c1ccc2nc[nH]c2c1. The summed E-state index contributed by atoms with van der Waals surface area (Å²) in [5.41, 5.74) is 3.46. The third kappa shape index (κ3) is 3.61. The van der Waals surface area contributed by atoms with Crippen molar-refractivity contribution in [1.29, 1.82) is 0 Å². The van der Waals surface area contributed by atoms with Gasteiger partial charge in [-0.2, -0.15) is 0 Å². The van der Waals surface area contributed by atoms with Crippen LogP contribution in [0.5, 0.6) is 0 Å². The predicted octanol–water partition coefficient (Wildman–Crippen LogP) is 4.65. The van der Waals surface area contributed by atoms with Crippen LogP contribution in [0.4, 0.5) is 5.69 Å². The number of rotatable bonds is 4. The molecule has 0 spiro atoms. The molecule has 1 heterocycles. The molecular formula is C21H14IN3O2. The number of hydrogen-bond donors (Lipinski definition) is 2. The second-order valence-corrected chi connectivity index (χ2v) is 7.22. The Hall–Kier alpha value is -3.00. The van der Waals surface area contributed by atoms with Crippen molar-refractivity contribution >= 4 is 51.0 Å². The fourth-order valence-electron chi connectivity index (χ4n) is 2.88. The van der Waals surface area contributed by atoms with Crippen LogP contribution in [0.2, 0.25) is 0 Å². The highest BCUT2D eigenvalue weighted by atomic mass is 127. The van der Waals surface area contributed by atoms with Crippen LogP contribution in [-0.4, -0.2) is 21.7 Å². The fourth-order valence-corrected chi connectivity index (χ4v) is 3.42. The zero-order valence-electron chi connectivity index (χ0n) is 14.1. The Morgan fingerprint density at radius 1 is 0.926 bits per heavy atom. The van der Waals surface area contributed by atoms with E-state index in [2.05, 4.69) is 37.9 Å². The number of halogens is 1. The highest BCUT2D eigenvalue weighted by Gasteiger charge is 2.18. The molecule has 4 rings (SSSR count). The van der Waals surface area contributed by atoms with Gasteiger partial charge in [0.25, 0.3) is 5.91 Å². The quantitative estimate of drug-likeness (QED) is 0.339. The second kappa shape index (κ2) is 7.32. The van der Waals surface area contributed by atoms with Crippen molar-refractivity contribution in [2.24, 2.45) is 0 Å². The molecule has 0 radical (unpaired) electrons. The first-order valence-electron chi connectivity index (χ1n) is 8.25. The molecule has 2 N–H and O–H groups in total. The van der Waals surface area contributed by atoms with E-state index in [4.69, 9.17) is 0 Å². The molecule has 1 amide bonds. The van der Waals surface area contributed by atoms with Crippen LogP contribution in [-0.2, 0) is 0 Å². The lowest BCUT2D eigenvalue weighted by Crippen LogP contribution is -2.17. The van der Waals surface area contributed by atoms with Gasteiger partial charge in [0.05, 0.1) is 22.9 Å². The van der Waals surface area contributed by atoms with E-state index >= 15 is 0 Å². The van der Waals surface area contributed by atoms with Crippen molar-refractivity contribution in [3.05, 3.63) is 93.3 Å². The minimum atomic E-state index is -0.316. The van der Waals surface area contributed by atoms with Gasteiger partial charge in [-0.15, -0.1) is 0 Å². The van der Waals surface area contributed by atoms with Gasteiger partial charge >= 0.3 is 0 Å². The number of amides is 1. The van der Waals surface area contributed by atoms with Gasteiger partial charge in [0.15, 0.2) is 5.78 Å². The number of H-pyrrole nitrogens is 1. The van der Waals surface area contributed by atoms with E-state index in [0.717, 1.165) is 14.6 Å². The van der Waals surface area contributed by atoms with Crippen molar-refractivity contribution in [3.8, 4) is 0 Å². The van der Waals surface area contributed by atoms with E-state index in [1.807, 2.05) is 24.3 Å². The van der Waals surface area contributed by atoms with Gasteiger partial charge in [-0.3, -0.25) is 9.59 Å². The Morgan fingerprint density at radius 2 is 1.74 bits per heavy atom. The first-order chi connectivity index (χ1) is 13.1. The number of nitrogens with zero attached hydrogens (tertiary/aromatic N) is 1. The van der Waals surface area contributed by atoms with Crippen molar-refractivity contribution in [2.75, 3.05) is 5.32 Å². The summed E-state index contributed by atoms with van der Waals surface area (Å²) in [6, 6.07) is 19.6. The van der Waals surface area contributed by atoms with E-state index in [1.54, 1.807) is 48.8 Å². The molecule has 0 fully saturated rings. The van der Waals surface area contributed by atoms with Crippen LogP contribution < -0.4 is 5.32 Å². The van der Waals surface area contributed by atoms with Crippen LogP contribution in [0.1, 0.15) is 26.3 Å².